The number of carboxylic acid groups (broad SMARTS) is 1. The molecule has 178 valence electrons. The molecule has 0 spiro atoms. The summed E-state index contributed by atoms with van der Waals surface area (Å²) in [5, 5.41) is 11.2. The second-order valence-electron chi connectivity index (χ2n) is 8.98. The van der Waals surface area contributed by atoms with Crippen LogP contribution in [0.15, 0.2) is 48.5 Å². The average Bonchev–Trinajstić information content (AvgIpc) is 2.71. The van der Waals surface area contributed by atoms with Gasteiger partial charge in [-0.2, -0.15) is 0 Å². The summed E-state index contributed by atoms with van der Waals surface area (Å²) in [4.78, 5) is 35.5. The summed E-state index contributed by atoms with van der Waals surface area (Å²) in [5.41, 5.74) is 1.06. The molecule has 33 heavy (non-hydrogen) atoms. The van der Waals surface area contributed by atoms with Crippen molar-refractivity contribution in [2.45, 2.75) is 59.7 Å². The highest BCUT2D eigenvalue weighted by Crippen LogP contribution is 2.38. The first kappa shape index (κ1) is 27.6. The number of hydrogen-bond acceptors (Lipinski definition) is 6. The minimum atomic E-state index is -1.13. The Balaban J connectivity index is 2.33. The molecule has 0 aromatic heterocycles. The lowest BCUT2D eigenvalue weighted by Crippen LogP contribution is -2.30. The van der Waals surface area contributed by atoms with Crippen molar-refractivity contribution in [2.75, 3.05) is 0 Å². The number of ether oxygens (including phenoxy) is 2. The summed E-state index contributed by atoms with van der Waals surface area (Å²) in [6.07, 6.45) is 0.172. The second-order valence-corrected chi connectivity index (χ2v) is 14.4. The molecule has 0 aliphatic carbocycles. The summed E-state index contributed by atoms with van der Waals surface area (Å²) >= 11 is 4.04. The molecule has 0 bridgehead atoms. The summed E-state index contributed by atoms with van der Waals surface area (Å²) < 4.78 is 9.55. The Morgan fingerprint density at radius 2 is 1.06 bits per heavy atom. The van der Waals surface area contributed by atoms with Crippen molar-refractivity contribution in [1.29, 1.82) is 0 Å². The lowest BCUT2D eigenvalue weighted by molar-refractivity contribution is -0.306. The fourth-order valence-corrected chi connectivity index (χ4v) is 3.27. The monoisotopic (exact) mass is 677 g/mol. The van der Waals surface area contributed by atoms with Crippen LogP contribution < -0.4 is 14.6 Å². The summed E-state index contributed by atoms with van der Waals surface area (Å²) in [6.45, 7) is 9.01. The summed E-state index contributed by atoms with van der Waals surface area (Å²) in [6, 6.07) is 14.1. The van der Waals surface area contributed by atoms with E-state index in [1.54, 1.807) is 52.0 Å². The van der Waals surface area contributed by atoms with Gasteiger partial charge in [0.1, 0.15) is 18.3 Å². The van der Waals surface area contributed by atoms with E-state index >= 15 is 0 Å². The van der Waals surface area contributed by atoms with E-state index in [4.69, 9.17) is 9.47 Å². The minimum absolute atomic E-state index is 0.129. The van der Waals surface area contributed by atoms with Gasteiger partial charge in [0.15, 0.2) is 0 Å². The fraction of sp³-hybridized carbons (Fsp3) is 0.400. The number of alkyl halides is 2. The van der Waals surface area contributed by atoms with Gasteiger partial charge in [0.05, 0.1) is 0 Å². The van der Waals surface area contributed by atoms with Crippen LogP contribution in [0.5, 0.6) is 11.5 Å². The normalized spacial score (nSPS) is 12.2. The van der Waals surface area contributed by atoms with E-state index in [-0.39, 0.29) is 18.4 Å². The molecule has 0 saturated carbocycles. The van der Waals surface area contributed by atoms with Gasteiger partial charge in [-0.1, -0.05) is 76.4 Å². The van der Waals surface area contributed by atoms with Crippen molar-refractivity contribution >= 4 is 63.1 Å². The summed E-state index contributed by atoms with van der Waals surface area (Å²) in [5.74, 6) is -1.00. The van der Waals surface area contributed by atoms with Crippen LogP contribution in [-0.4, -0.2) is 24.8 Å². The Morgan fingerprint density at radius 3 is 1.33 bits per heavy atom. The van der Waals surface area contributed by atoms with Gasteiger partial charge in [0.2, 0.25) is 0 Å². The second kappa shape index (κ2) is 10.7. The standard InChI is InChI=1S/C25H28I2O6/c1-23(2,26)21(30)32-18-10-6-16(7-11-18)25(5,15-14-20(28)29)17-8-12-19(13-9-17)33-22(31)24(3,4)27/h6-13H,14-15H2,1-5H3,(H,28,29)/p-1. The predicted molar refractivity (Wildman–Crippen MR) is 141 cm³/mol. The largest absolute Gasteiger partial charge is 0.550 e. The highest BCUT2D eigenvalue weighted by atomic mass is 127. The Labute approximate surface area is 221 Å². The third-order valence-corrected chi connectivity index (χ3v) is 6.08. The van der Waals surface area contributed by atoms with Gasteiger partial charge in [0.25, 0.3) is 0 Å². The van der Waals surface area contributed by atoms with Crippen LogP contribution in [0.1, 0.15) is 58.6 Å². The van der Waals surface area contributed by atoms with E-state index < -0.39 is 18.2 Å². The van der Waals surface area contributed by atoms with Gasteiger partial charge in [-0.3, -0.25) is 9.59 Å². The van der Waals surface area contributed by atoms with Crippen molar-refractivity contribution in [3.63, 3.8) is 0 Å². The highest BCUT2D eigenvalue weighted by molar-refractivity contribution is 14.1. The van der Waals surface area contributed by atoms with Gasteiger partial charge in [-0.05, 0) is 75.9 Å². The molecule has 0 aliphatic heterocycles. The van der Waals surface area contributed by atoms with Crippen molar-refractivity contribution in [1.82, 2.24) is 0 Å². The maximum absolute atomic E-state index is 12.1. The van der Waals surface area contributed by atoms with Gasteiger partial charge in [-0.15, -0.1) is 0 Å². The molecular weight excluding hydrogens is 650 g/mol. The number of carbonyl (C=O) groups excluding carboxylic acids is 3. The van der Waals surface area contributed by atoms with Gasteiger partial charge < -0.3 is 19.4 Å². The van der Waals surface area contributed by atoms with Crippen LogP contribution in [0.25, 0.3) is 0 Å². The molecule has 0 saturated heterocycles. The van der Waals surface area contributed by atoms with Crippen molar-refractivity contribution in [3.8, 4) is 11.5 Å². The summed E-state index contributed by atoms with van der Waals surface area (Å²) in [7, 11) is 0. The van der Waals surface area contributed by atoms with E-state index in [0.29, 0.717) is 17.9 Å². The highest BCUT2D eigenvalue weighted by Gasteiger charge is 2.30. The molecule has 0 heterocycles. The Bertz CT molecular complexity index is 928. The van der Waals surface area contributed by atoms with Crippen molar-refractivity contribution in [3.05, 3.63) is 59.7 Å². The lowest BCUT2D eigenvalue weighted by atomic mass is 9.73. The van der Waals surface area contributed by atoms with E-state index in [1.165, 1.54) is 0 Å². The van der Waals surface area contributed by atoms with Gasteiger partial charge in [-0.25, -0.2) is 0 Å². The number of benzene rings is 2. The molecule has 0 N–H and O–H groups in total. The fourth-order valence-electron chi connectivity index (χ4n) is 3.05. The average molecular weight is 677 g/mol. The molecule has 0 unspecified atom stereocenters. The Kier molecular flexibility index (Phi) is 8.94. The third-order valence-electron chi connectivity index (χ3n) is 5.20. The number of esters is 2. The van der Waals surface area contributed by atoms with E-state index in [9.17, 15) is 19.5 Å². The maximum atomic E-state index is 12.1. The van der Waals surface area contributed by atoms with Crippen molar-refractivity contribution < 1.29 is 29.0 Å². The molecular formula is C25H27I2O6-. The lowest BCUT2D eigenvalue weighted by Gasteiger charge is -2.32. The van der Waals surface area contributed by atoms with Crippen LogP contribution in [0.3, 0.4) is 0 Å². The SMILES string of the molecule is CC(C)(I)C(=O)Oc1ccc(C(C)(CCC(=O)[O-])c2ccc(OC(=O)C(C)(C)I)cc2)cc1. The molecule has 2 rings (SSSR count). The van der Waals surface area contributed by atoms with Crippen LogP contribution in [-0.2, 0) is 19.8 Å². The van der Waals surface area contributed by atoms with Crippen LogP contribution in [0.2, 0.25) is 0 Å². The molecule has 0 atom stereocenters. The number of carbonyl (C=O) groups is 3. The molecule has 0 radical (unpaired) electrons. The maximum Gasteiger partial charge on any atom is 0.326 e. The number of aliphatic carboxylic acids is 1. The first-order valence-electron chi connectivity index (χ1n) is 10.4. The molecule has 0 amide bonds. The smallest absolute Gasteiger partial charge is 0.326 e. The zero-order valence-electron chi connectivity index (χ0n) is 19.2. The molecule has 0 fully saturated rings. The van der Waals surface area contributed by atoms with Crippen LogP contribution in [0, 0.1) is 0 Å². The Hall–Kier alpha value is -1.69. The molecule has 8 heteroatoms. The third kappa shape index (κ3) is 7.66. The van der Waals surface area contributed by atoms with Gasteiger partial charge in [0, 0.05) is 11.4 Å². The number of halogens is 2. The van der Waals surface area contributed by atoms with Crippen LogP contribution in [0.4, 0.5) is 0 Å². The predicted octanol–water partition coefficient (Wildman–Crippen LogP) is 4.76. The molecule has 6 nitrogen and oxygen atoms in total. The number of hydrogen-bond donors (Lipinski definition) is 0. The molecule has 2 aromatic carbocycles. The molecule has 2 aromatic rings. The van der Waals surface area contributed by atoms with E-state index in [2.05, 4.69) is 0 Å². The topological polar surface area (TPSA) is 92.7 Å². The number of carboxylic acids is 1. The first-order valence-corrected chi connectivity index (χ1v) is 12.5. The van der Waals surface area contributed by atoms with Crippen LogP contribution >= 0.6 is 45.2 Å². The minimum Gasteiger partial charge on any atom is -0.550 e. The van der Waals surface area contributed by atoms with Crippen molar-refractivity contribution in [2.24, 2.45) is 0 Å². The van der Waals surface area contributed by atoms with E-state index in [1.807, 2.05) is 76.4 Å². The quantitative estimate of drug-likeness (QED) is 0.165. The van der Waals surface area contributed by atoms with E-state index in [0.717, 1.165) is 11.1 Å². The number of rotatable bonds is 9. The first-order chi connectivity index (χ1) is 15.1. The Morgan fingerprint density at radius 1 is 0.727 bits per heavy atom. The zero-order chi connectivity index (χ0) is 25.0. The van der Waals surface area contributed by atoms with Gasteiger partial charge >= 0.3 is 11.9 Å². The molecule has 0 aliphatic rings. The zero-order valence-corrected chi connectivity index (χ0v) is 23.6.